The van der Waals surface area contributed by atoms with E-state index < -0.39 is 0 Å². The van der Waals surface area contributed by atoms with Crippen LogP contribution in [0.15, 0.2) is 24.3 Å². The number of carbonyl (C=O) groups excluding carboxylic acids is 2. The number of rotatable bonds is 4. The van der Waals surface area contributed by atoms with Crippen LogP contribution in [-0.2, 0) is 4.79 Å². The molecule has 0 aliphatic rings. The molecule has 1 N–H and O–H groups in total. The highest BCUT2D eigenvalue weighted by Crippen LogP contribution is 2.10. The van der Waals surface area contributed by atoms with Crippen LogP contribution >= 0.6 is 11.6 Å². The molecule has 0 aliphatic heterocycles. The molecule has 1 aromatic rings. The highest BCUT2D eigenvalue weighted by Gasteiger charge is 2.05. The summed E-state index contributed by atoms with van der Waals surface area (Å²) in [4.78, 5) is 22.1. The summed E-state index contributed by atoms with van der Waals surface area (Å²) in [5.41, 5.74) is 0.506. The van der Waals surface area contributed by atoms with Crippen molar-refractivity contribution >= 4 is 23.3 Å². The third kappa shape index (κ3) is 4.13. The van der Waals surface area contributed by atoms with Gasteiger partial charge in [-0.1, -0.05) is 17.7 Å². The van der Waals surface area contributed by atoms with Crippen LogP contribution in [0.1, 0.15) is 23.7 Å². The molecule has 15 heavy (non-hydrogen) atoms. The summed E-state index contributed by atoms with van der Waals surface area (Å²) in [6.45, 7) is 1.85. The van der Waals surface area contributed by atoms with Gasteiger partial charge in [-0.2, -0.15) is 0 Å². The van der Waals surface area contributed by atoms with Crippen LogP contribution in [-0.4, -0.2) is 18.2 Å². The van der Waals surface area contributed by atoms with Crippen LogP contribution in [0.3, 0.4) is 0 Å². The maximum atomic E-state index is 11.5. The van der Waals surface area contributed by atoms with Crippen LogP contribution in [0.2, 0.25) is 5.02 Å². The second-order valence-corrected chi connectivity index (χ2v) is 3.65. The molecule has 0 heterocycles. The molecule has 1 rings (SSSR count). The standard InChI is InChI=1S/C11H12ClNO2/c1-8(14)5-6-13-11(15)9-3-2-4-10(12)7-9/h2-4,7H,5-6H2,1H3,(H,13,15). The van der Waals surface area contributed by atoms with Crippen LogP contribution < -0.4 is 5.32 Å². The molecule has 0 fully saturated rings. The Morgan fingerprint density at radius 2 is 2.13 bits per heavy atom. The van der Waals surface area contributed by atoms with E-state index in [1.54, 1.807) is 24.3 Å². The van der Waals surface area contributed by atoms with E-state index in [0.717, 1.165) is 0 Å². The number of halogens is 1. The Labute approximate surface area is 93.4 Å². The van der Waals surface area contributed by atoms with Gasteiger partial charge in [-0.3, -0.25) is 9.59 Å². The SMILES string of the molecule is CC(=O)CCNC(=O)c1cccc(Cl)c1. The smallest absolute Gasteiger partial charge is 0.251 e. The summed E-state index contributed by atoms with van der Waals surface area (Å²) >= 11 is 5.74. The van der Waals surface area contributed by atoms with Gasteiger partial charge in [0.05, 0.1) is 0 Å². The van der Waals surface area contributed by atoms with Gasteiger partial charge in [0.25, 0.3) is 5.91 Å². The second kappa shape index (κ2) is 5.51. The number of Topliss-reactive ketones (excluding diaryl/α,β-unsaturated/α-hetero) is 1. The molecule has 1 amide bonds. The van der Waals surface area contributed by atoms with Crippen LogP contribution in [0.25, 0.3) is 0 Å². The Balaban J connectivity index is 2.50. The molecule has 0 aliphatic carbocycles. The fourth-order valence-electron chi connectivity index (χ4n) is 1.08. The molecular weight excluding hydrogens is 214 g/mol. The van der Waals surface area contributed by atoms with Crippen molar-refractivity contribution in [3.8, 4) is 0 Å². The van der Waals surface area contributed by atoms with Gasteiger partial charge >= 0.3 is 0 Å². The van der Waals surface area contributed by atoms with Crippen molar-refractivity contribution in [2.45, 2.75) is 13.3 Å². The summed E-state index contributed by atoms with van der Waals surface area (Å²) < 4.78 is 0. The normalized spacial score (nSPS) is 9.73. The average Bonchev–Trinajstić information content (AvgIpc) is 2.17. The second-order valence-electron chi connectivity index (χ2n) is 3.22. The summed E-state index contributed by atoms with van der Waals surface area (Å²) in [5, 5.41) is 3.16. The van der Waals surface area contributed by atoms with Crippen molar-refractivity contribution in [2.75, 3.05) is 6.54 Å². The molecule has 4 heteroatoms. The largest absolute Gasteiger partial charge is 0.352 e. The minimum absolute atomic E-state index is 0.0568. The summed E-state index contributed by atoms with van der Waals surface area (Å²) in [7, 11) is 0. The number of amides is 1. The number of benzene rings is 1. The Bertz CT molecular complexity index is 377. The maximum absolute atomic E-state index is 11.5. The number of carbonyl (C=O) groups is 2. The number of hydrogen-bond donors (Lipinski definition) is 1. The van der Waals surface area contributed by atoms with Crippen LogP contribution in [0.4, 0.5) is 0 Å². The molecule has 0 atom stereocenters. The van der Waals surface area contributed by atoms with Gasteiger partial charge in [-0.05, 0) is 25.1 Å². The molecule has 80 valence electrons. The molecule has 0 unspecified atom stereocenters. The van der Waals surface area contributed by atoms with E-state index in [1.165, 1.54) is 6.92 Å². The molecule has 0 aromatic heterocycles. The summed E-state index contributed by atoms with van der Waals surface area (Å²) in [6, 6.07) is 6.68. The first-order valence-electron chi connectivity index (χ1n) is 4.63. The number of hydrogen-bond acceptors (Lipinski definition) is 2. The van der Waals surface area contributed by atoms with Crippen molar-refractivity contribution in [3.05, 3.63) is 34.9 Å². The molecule has 0 radical (unpaired) electrons. The van der Waals surface area contributed by atoms with Crippen LogP contribution in [0, 0.1) is 0 Å². The van der Waals surface area contributed by atoms with Crippen molar-refractivity contribution in [3.63, 3.8) is 0 Å². The van der Waals surface area contributed by atoms with E-state index >= 15 is 0 Å². The lowest BCUT2D eigenvalue weighted by Gasteiger charge is -2.03. The van der Waals surface area contributed by atoms with Crippen LogP contribution in [0.5, 0.6) is 0 Å². The predicted octanol–water partition coefficient (Wildman–Crippen LogP) is 2.05. The molecule has 0 bridgehead atoms. The Morgan fingerprint density at radius 3 is 2.73 bits per heavy atom. The van der Waals surface area contributed by atoms with Gasteiger partial charge < -0.3 is 5.32 Å². The number of nitrogens with one attached hydrogen (secondary N) is 1. The topological polar surface area (TPSA) is 46.2 Å². The van der Waals surface area contributed by atoms with E-state index in [9.17, 15) is 9.59 Å². The van der Waals surface area contributed by atoms with Crippen molar-refractivity contribution < 1.29 is 9.59 Å². The lowest BCUT2D eigenvalue weighted by atomic mass is 10.2. The van der Waals surface area contributed by atoms with Gasteiger partial charge in [0, 0.05) is 23.6 Å². The lowest BCUT2D eigenvalue weighted by molar-refractivity contribution is -0.116. The zero-order chi connectivity index (χ0) is 11.3. The van der Waals surface area contributed by atoms with Gasteiger partial charge in [0.2, 0.25) is 0 Å². The molecule has 0 saturated carbocycles. The first-order valence-corrected chi connectivity index (χ1v) is 5.00. The molecule has 3 nitrogen and oxygen atoms in total. The molecule has 0 spiro atoms. The van der Waals surface area contributed by atoms with Gasteiger partial charge in [-0.25, -0.2) is 0 Å². The third-order valence-corrected chi connectivity index (χ3v) is 2.08. The zero-order valence-electron chi connectivity index (χ0n) is 8.42. The molecular formula is C11H12ClNO2. The first kappa shape index (κ1) is 11.7. The minimum Gasteiger partial charge on any atom is -0.352 e. The number of ketones is 1. The highest BCUT2D eigenvalue weighted by atomic mass is 35.5. The molecule has 1 aromatic carbocycles. The maximum Gasteiger partial charge on any atom is 0.251 e. The first-order chi connectivity index (χ1) is 7.09. The lowest BCUT2D eigenvalue weighted by Crippen LogP contribution is -2.25. The fourth-order valence-corrected chi connectivity index (χ4v) is 1.27. The minimum atomic E-state index is -0.209. The highest BCUT2D eigenvalue weighted by molar-refractivity contribution is 6.30. The zero-order valence-corrected chi connectivity index (χ0v) is 9.17. The van der Waals surface area contributed by atoms with Gasteiger partial charge in [0.15, 0.2) is 0 Å². The Morgan fingerprint density at radius 1 is 1.40 bits per heavy atom. The molecule has 0 saturated heterocycles. The average molecular weight is 226 g/mol. The van der Waals surface area contributed by atoms with Gasteiger partial charge in [-0.15, -0.1) is 0 Å². The quantitative estimate of drug-likeness (QED) is 0.853. The summed E-state index contributed by atoms with van der Waals surface area (Å²) in [6.07, 6.45) is 0.353. The van der Waals surface area contributed by atoms with E-state index in [4.69, 9.17) is 11.6 Å². The van der Waals surface area contributed by atoms with E-state index in [2.05, 4.69) is 5.32 Å². The summed E-state index contributed by atoms with van der Waals surface area (Å²) in [5.74, 6) is -0.153. The van der Waals surface area contributed by atoms with E-state index in [0.29, 0.717) is 23.6 Å². The van der Waals surface area contributed by atoms with E-state index in [1.807, 2.05) is 0 Å². The fraction of sp³-hybridized carbons (Fsp3) is 0.273. The predicted molar refractivity (Wildman–Crippen MR) is 59.1 cm³/mol. The monoisotopic (exact) mass is 225 g/mol. The van der Waals surface area contributed by atoms with E-state index in [-0.39, 0.29) is 11.7 Å². The van der Waals surface area contributed by atoms with Crippen molar-refractivity contribution in [1.82, 2.24) is 5.32 Å². The van der Waals surface area contributed by atoms with Crippen molar-refractivity contribution in [1.29, 1.82) is 0 Å². The van der Waals surface area contributed by atoms with Crippen molar-refractivity contribution in [2.24, 2.45) is 0 Å². The third-order valence-electron chi connectivity index (χ3n) is 1.85. The Kier molecular flexibility index (Phi) is 4.31. The Hall–Kier alpha value is -1.35. The van der Waals surface area contributed by atoms with Gasteiger partial charge in [0.1, 0.15) is 5.78 Å².